The second kappa shape index (κ2) is 8.50. The maximum absolute atomic E-state index is 12.7. The predicted octanol–water partition coefficient (Wildman–Crippen LogP) is 1.58. The van der Waals surface area contributed by atoms with E-state index in [0.29, 0.717) is 6.54 Å². The molecule has 3 rings (SSSR count). The lowest BCUT2D eigenvalue weighted by Gasteiger charge is -2.30. The highest BCUT2D eigenvalue weighted by atomic mass is 32.2. The smallest absolute Gasteiger partial charge is 0.242 e. The quantitative estimate of drug-likeness (QED) is 0.600. The van der Waals surface area contributed by atoms with Gasteiger partial charge in [-0.1, -0.05) is 31.0 Å². The molecule has 1 aromatic rings. The average molecular weight is 351 g/mol. The highest BCUT2D eigenvalue weighted by molar-refractivity contribution is 7.99. The largest absolute Gasteiger partial charge is 0.353 e. The lowest BCUT2D eigenvalue weighted by molar-refractivity contribution is -0.142. The van der Waals surface area contributed by atoms with Crippen molar-refractivity contribution in [3.8, 4) is 0 Å². The normalized spacial score (nSPS) is 21.8. The molecule has 2 amide bonds. The first kappa shape index (κ1) is 17.3. The van der Waals surface area contributed by atoms with Crippen LogP contribution in [0.15, 0.2) is 11.5 Å². The topological polar surface area (TPSA) is 91.0 Å². The summed E-state index contributed by atoms with van der Waals surface area (Å²) in [7, 11) is 0. The lowest BCUT2D eigenvalue weighted by Crippen LogP contribution is -2.48. The van der Waals surface area contributed by atoms with Crippen molar-refractivity contribution in [3.63, 3.8) is 0 Å². The summed E-state index contributed by atoms with van der Waals surface area (Å²) in [5.74, 6) is 1.04. The number of hydrogen-bond donors (Lipinski definition) is 2. The number of H-pyrrole nitrogens is 1. The van der Waals surface area contributed by atoms with Gasteiger partial charge in [0.05, 0.1) is 0 Å². The molecule has 24 heavy (non-hydrogen) atoms. The molecule has 0 bridgehead atoms. The molecule has 1 aliphatic carbocycles. The molecule has 2 N–H and O–H groups in total. The maximum Gasteiger partial charge on any atom is 0.242 e. The molecule has 2 aliphatic rings. The highest BCUT2D eigenvalue weighted by Gasteiger charge is 2.37. The molecule has 0 spiro atoms. The van der Waals surface area contributed by atoms with Crippen LogP contribution in [-0.4, -0.2) is 56.8 Å². The summed E-state index contributed by atoms with van der Waals surface area (Å²) in [5, 5.41) is 10.3. The predicted molar refractivity (Wildman–Crippen MR) is 91.4 cm³/mol. The number of likely N-dealkylation sites (tertiary alicyclic amines) is 1. The Bertz CT molecular complexity index is 545. The van der Waals surface area contributed by atoms with Crippen molar-refractivity contribution in [2.24, 2.45) is 5.92 Å². The van der Waals surface area contributed by atoms with Crippen LogP contribution in [0.1, 0.15) is 44.9 Å². The molecule has 0 aromatic carbocycles. The van der Waals surface area contributed by atoms with Gasteiger partial charge in [-0.15, -0.1) is 0 Å². The third-order valence-electron chi connectivity index (χ3n) is 4.83. The van der Waals surface area contributed by atoms with Gasteiger partial charge in [-0.25, -0.2) is 4.98 Å². The Morgan fingerprint density at radius 1 is 1.25 bits per heavy atom. The second-order valence-corrected chi connectivity index (χ2v) is 7.54. The summed E-state index contributed by atoms with van der Waals surface area (Å²) in [4.78, 5) is 31.0. The molecule has 132 valence electrons. The lowest BCUT2D eigenvalue weighted by atomic mass is 9.88. The molecule has 1 aliphatic heterocycles. The molecule has 1 atom stereocenters. The van der Waals surface area contributed by atoms with Crippen LogP contribution >= 0.6 is 11.8 Å². The van der Waals surface area contributed by atoms with Crippen molar-refractivity contribution in [2.75, 3.05) is 18.8 Å². The number of hydrogen-bond acceptors (Lipinski definition) is 5. The maximum atomic E-state index is 12.7. The summed E-state index contributed by atoms with van der Waals surface area (Å²) in [6.45, 7) is 1.28. The van der Waals surface area contributed by atoms with Crippen molar-refractivity contribution in [1.82, 2.24) is 25.4 Å². The van der Waals surface area contributed by atoms with Crippen LogP contribution in [-0.2, 0) is 9.59 Å². The summed E-state index contributed by atoms with van der Waals surface area (Å²) < 4.78 is 0. The van der Waals surface area contributed by atoms with Crippen LogP contribution in [0.2, 0.25) is 0 Å². The molecule has 7 nitrogen and oxygen atoms in total. The molecular weight excluding hydrogens is 326 g/mol. The number of aromatic amines is 1. The summed E-state index contributed by atoms with van der Waals surface area (Å²) in [6.07, 6.45) is 8.64. The third-order valence-corrected chi connectivity index (χ3v) is 5.70. The zero-order valence-corrected chi connectivity index (χ0v) is 14.7. The van der Waals surface area contributed by atoms with Gasteiger partial charge in [0.25, 0.3) is 0 Å². The fourth-order valence-corrected chi connectivity index (χ4v) is 4.23. The zero-order valence-electron chi connectivity index (χ0n) is 13.9. The first-order valence-corrected chi connectivity index (χ1v) is 9.80. The summed E-state index contributed by atoms with van der Waals surface area (Å²) >= 11 is 1.52. The monoisotopic (exact) mass is 351 g/mol. The van der Waals surface area contributed by atoms with E-state index in [0.717, 1.165) is 56.0 Å². The third kappa shape index (κ3) is 4.28. The van der Waals surface area contributed by atoms with E-state index in [9.17, 15) is 9.59 Å². The fraction of sp³-hybridized carbons (Fsp3) is 0.750. The number of amides is 2. The van der Waals surface area contributed by atoms with E-state index < -0.39 is 0 Å². The van der Waals surface area contributed by atoms with Crippen LogP contribution in [0.5, 0.6) is 0 Å². The Hall–Kier alpha value is -1.57. The number of thioether (sulfide) groups is 1. The minimum absolute atomic E-state index is 0.0187. The van der Waals surface area contributed by atoms with E-state index in [2.05, 4.69) is 20.5 Å². The first-order chi connectivity index (χ1) is 11.8. The Morgan fingerprint density at radius 2 is 2.08 bits per heavy atom. The van der Waals surface area contributed by atoms with Gasteiger partial charge in [0.15, 0.2) is 5.16 Å². The Kier molecular flexibility index (Phi) is 6.12. The van der Waals surface area contributed by atoms with Crippen molar-refractivity contribution < 1.29 is 9.59 Å². The van der Waals surface area contributed by atoms with Crippen LogP contribution in [0, 0.1) is 5.92 Å². The number of nitrogens with zero attached hydrogens (tertiary/aromatic N) is 3. The zero-order chi connectivity index (χ0) is 16.8. The van der Waals surface area contributed by atoms with Gasteiger partial charge in [0, 0.05) is 24.8 Å². The summed E-state index contributed by atoms with van der Waals surface area (Å²) in [5.41, 5.74) is 0. The molecule has 1 saturated heterocycles. The molecule has 1 saturated carbocycles. The van der Waals surface area contributed by atoms with Crippen LogP contribution in [0.25, 0.3) is 0 Å². The van der Waals surface area contributed by atoms with Crippen molar-refractivity contribution in [2.45, 2.75) is 56.1 Å². The van der Waals surface area contributed by atoms with Crippen molar-refractivity contribution in [1.29, 1.82) is 0 Å². The summed E-state index contributed by atoms with van der Waals surface area (Å²) in [6, 6.07) is -0.283. The Morgan fingerprint density at radius 3 is 2.83 bits per heavy atom. The van der Waals surface area contributed by atoms with E-state index >= 15 is 0 Å². The van der Waals surface area contributed by atoms with Gasteiger partial charge in [-0.05, 0) is 25.7 Å². The SMILES string of the molecule is O=C(NCCSc1ncn[nH]1)C1CCCN1C(=O)C1CCCCC1. The molecule has 2 fully saturated rings. The van der Waals surface area contributed by atoms with Crippen molar-refractivity contribution in [3.05, 3.63) is 6.33 Å². The molecule has 8 heteroatoms. The number of rotatable bonds is 6. The highest BCUT2D eigenvalue weighted by Crippen LogP contribution is 2.28. The Labute approximate surface area is 146 Å². The number of nitrogens with one attached hydrogen (secondary N) is 2. The first-order valence-electron chi connectivity index (χ1n) is 8.82. The molecular formula is C16H25N5O2S. The van der Waals surface area contributed by atoms with Gasteiger partial charge in [-0.2, -0.15) is 5.10 Å². The standard InChI is InChI=1S/C16H25N5O2S/c22-14(17-8-10-24-16-18-11-19-20-16)13-7-4-9-21(13)15(23)12-5-2-1-3-6-12/h11-13H,1-10H2,(H,17,22)(H,18,19,20). The fourth-order valence-electron chi connectivity index (χ4n) is 3.59. The van der Waals surface area contributed by atoms with E-state index in [1.54, 1.807) is 0 Å². The number of carbonyl (C=O) groups is 2. The molecule has 1 aromatic heterocycles. The molecule has 0 radical (unpaired) electrons. The van der Waals surface area contributed by atoms with Gasteiger partial charge in [0.2, 0.25) is 11.8 Å². The number of aromatic nitrogens is 3. The average Bonchev–Trinajstić information content (AvgIpc) is 3.30. The minimum atomic E-state index is -0.283. The molecule has 2 heterocycles. The minimum Gasteiger partial charge on any atom is -0.353 e. The van der Waals surface area contributed by atoms with Crippen LogP contribution in [0.4, 0.5) is 0 Å². The molecule has 1 unspecified atom stereocenters. The van der Waals surface area contributed by atoms with E-state index in [-0.39, 0.29) is 23.8 Å². The van der Waals surface area contributed by atoms with Crippen LogP contribution in [0.3, 0.4) is 0 Å². The Balaban J connectivity index is 1.45. The van der Waals surface area contributed by atoms with Gasteiger partial charge in [0.1, 0.15) is 12.4 Å². The van der Waals surface area contributed by atoms with Crippen LogP contribution < -0.4 is 5.32 Å². The van der Waals surface area contributed by atoms with Gasteiger partial charge >= 0.3 is 0 Å². The van der Waals surface area contributed by atoms with E-state index in [1.165, 1.54) is 24.5 Å². The van der Waals surface area contributed by atoms with Gasteiger partial charge in [-0.3, -0.25) is 14.7 Å². The van der Waals surface area contributed by atoms with Crippen molar-refractivity contribution >= 4 is 23.6 Å². The van der Waals surface area contributed by atoms with Gasteiger partial charge < -0.3 is 10.2 Å². The van der Waals surface area contributed by atoms with E-state index in [4.69, 9.17) is 0 Å². The second-order valence-electron chi connectivity index (χ2n) is 6.45. The van der Waals surface area contributed by atoms with E-state index in [1.807, 2.05) is 4.90 Å². The number of carbonyl (C=O) groups excluding carboxylic acids is 2.